The van der Waals surface area contributed by atoms with Crippen molar-refractivity contribution in [2.45, 2.75) is 11.8 Å². The number of hydrogen-bond donors (Lipinski definition) is 1. The molecule has 0 fully saturated rings. The Bertz CT molecular complexity index is 682. The summed E-state index contributed by atoms with van der Waals surface area (Å²) in [6.07, 6.45) is 0. The fraction of sp³-hybridized carbons (Fsp3) is 0.143. The topological polar surface area (TPSA) is 63.4 Å². The van der Waals surface area contributed by atoms with Crippen LogP contribution in [0.4, 0.5) is 11.4 Å². The SMILES string of the molecule is CCN(c1ccc(N)cc1)S(=O)(=O)c1ccc(Cl)cc1. The molecule has 2 rings (SSSR count). The Morgan fingerprint density at radius 1 is 1.05 bits per heavy atom. The van der Waals surface area contributed by atoms with Gasteiger partial charge in [0.05, 0.1) is 10.6 Å². The zero-order valence-electron chi connectivity index (χ0n) is 11.0. The molecule has 0 amide bonds. The summed E-state index contributed by atoms with van der Waals surface area (Å²) >= 11 is 5.79. The maximum atomic E-state index is 12.6. The van der Waals surface area contributed by atoms with Gasteiger partial charge in [-0.2, -0.15) is 0 Å². The smallest absolute Gasteiger partial charge is 0.264 e. The number of nitrogen functional groups attached to an aromatic ring is 1. The van der Waals surface area contributed by atoms with E-state index in [1.807, 2.05) is 0 Å². The summed E-state index contributed by atoms with van der Waals surface area (Å²) in [5.74, 6) is 0. The van der Waals surface area contributed by atoms with E-state index >= 15 is 0 Å². The van der Waals surface area contributed by atoms with E-state index in [0.29, 0.717) is 22.9 Å². The first-order valence-electron chi connectivity index (χ1n) is 6.09. The number of anilines is 2. The standard InChI is InChI=1S/C14H15ClN2O2S/c1-2-17(13-7-5-12(16)6-8-13)20(18,19)14-9-3-11(15)4-10-14/h3-10H,2,16H2,1H3. The summed E-state index contributed by atoms with van der Waals surface area (Å²) in [6, 6.07) is 12.8. The van der Waals surface area contributed by atoms with Gasteiger partial charge in [0, 0.05) is 17.3 Å². The quantitative estimate of drug-likeness (QED) is 0.882. The number of benzene rings is 2. The molecule has 0 spiro atoms. The third-order valence-electron chi connectivity index (χ3n) is 2.87. The molecule has 106 valence electrons. The highest BCUT2D eigenvalue weighted by Gasteiger charge is 2.23. The van der Waals surface area contributed by atoms with Gasteiger partial charge in [-0.05, 0) is 55.5 Å². The zero-order chi connectivity index (χ0) is 14.8. The highest BCUT2D eigenvalue weighted by molar-refractivity contribution is 7.92. The van der Waals surface area contributed by atoms with Crippen LogP contribution in [-0.2, 0) is 10.0 Å². The van der Waals surface area contributed by atoms with Crippen LogP contribution in [0, 0.1) is 0 Å². The van der Waals surface area contributed by atoms with Crippen LogP contribution in [0.15, 0.2) is 53.4 Å². The minimum Gasteiger partial charge on any atom is -0.399 e. The van der Waals surface area contributed by atoms with E-state index in [2.05, 4.69) is 0 Å². The first-order chi connectivity index (χ1) is 9.45. The molecule has 0 aromatic heterocycles. The third kappa shape index (κ3) is 2.89. The first kappa shape index (κ1) is 14.7. The van der Waals surface area contributed by atoms with Crippen molar-refractivity contribution in [3.05, 3.63) is 53.6 Å². The number of halogens is 1. The van der Waals surface area contributed by atoms with Gasteiger partial charge in [0.15, 0.2) is 0 Å². The molecule has 0 heterocycles. The van der Waals surface area contributed by atoms with Crippen LogP contribution in [0.1, 0.15) is 6.92 Å². The summed E-state index contributed by atoms with van der Waals surface area (Å²) in [5.41, 5.74) is 6.79. The number of rotatable bonds is 4. The Kier molecular flexibility index (Phi) is 4.20. The lowest BCUT2D eigenvalue weighted by Gasteiger charge is -2.23. The van der Waals surface area contributed by atoms with Gasteiger partial charge in [0.1, 0.15) is 0 Å². The van der Waals surface area contributed by atoms with Crippen molar-refractivity contribution in [3.63, 3.8) is 0 Å². The second-order valence-corrected chi connectivity index (χ2v) is 6.51. The van der Waals surface area contributed by atoms with Gasteiger partial charge in [0.25, 0.3) is 10.0 Å². The summed E-state index contributed by atoms with van der Waals surface area (Å²) in [6.45, 7) is 2.11. The van der Waals surface area contributed by atoms with Gasteiger partial charge in [-0.3, -0.25) is 4.31 Å². The van der Waals surface area contributed by atoms with E-state index in [-0.39, 0.29) is 4.90 Å². The summed E-state index contributed by atoms with van der Waals surface area (Å²) < 4.78 is 26.6. The molecular weight excluding hydrogens is 296 g/mol. The summed E-state index contributed by atoms with van der Waals surface area (Å²) in [4.78, 5) is 0.209. The molecule has 0 atom stereocenters. The van der Waals surface area contributed by atoms with E-state index in [1.165, 1.54) is 16.4 Å². The summed E-state index contributed by atoms with van der Waals surface area (Å²) in [5, 5.41) is 0.500. The fourth-order valence-corrected chi connectivity index (χ4v) is 3.47. The van der Waals surface area contributed by atoms with Crippen molar-refractivity contribution in [2.75, 3.05) is 16.6 Å². The van der Waals surface area contributed by atoms with Crippen molar-refractivity contribution in [3.8, 4) is 0 Å². The predicted octanol–water partition coefficient (Wildman–Crippen LogP) is 3.14. The van der Waals surface area contributed by atoms with Gasteiger partial charge in [0.2, 0.25) is 0 Å². The van der Waals surface area contributed by atoms with Crippen LogP contribution in [0.2, 0.25) is 5.02 Å². The average Bonchev–Trinajstić information content (AvgIpc) is 2.42. The second kappa shape index (κ2) is 5.73. The predicted molar refractivity (Wildman–Crippen MR) is 82.5 cm³/mol. The highest BCUT2D eigenvalue weighted by atomic mass is 35.5. The minimum atomic E-state index is -3.60. The van der Waals surface area contributed by atoms with E-state index in [0.717, 1.165) is 0 Å². The highest BCUT2D eigenvalue weighted by Crippen LogP contribution is 2.25. The van der Waals surface area contributed by atoms with E-state index in [9.17, 15) is 8.42 Å². The molecule has 0 saturated carbocycles. The van der Waals surface area contributed by atoms with Crippen molar-refractivity contribution < 1.29 is 8.42 Å². The number of nitrogens with zero attached hydrogens (tertiary/aromatic N) is 1. The molecule has 0 saturated heterocycles. The zero-order valence-corrected chi connectivity index (χ0v) is 12.5. The van der Waals surface area contributed by atoms with Crippen molar-refractivity contribution in [1.82, 2.24) is 0 Å². The van der Waals surface area contributed by atoms with Crippen LogP contribution in [-0.4, -0.2) is 15.0 Å². The average molecular weight is 311 g/mol. The first-order valence-corrected chi connectivity index (χ1v) is 7.91. The summed E-state index contributed by atoms with van der Waals surface area (Å²) in [7, 11) is -3.60. The molecule has 0 unspecified atom stereocenters. The Hall–Kier alpha value is -1.72. The van der Waals surface area contributed by atoms with Gasteiger partial charge in [-0.15, -0.1) is 0 Å². The maximum absolute atomic E-state index is 12.6. The van der Waals surface area contributed by atoms with Gasteiger partial charge < -0.3 is 5.73 Å². The third-order valence-corrected chi connectivity index (χ3v) is 5.04. The Morgan fingerprint density at radius 2 is 1.60 bits per heavy atom. The fourth-order valence-electron chi connectivity index (χ4n) is 1.87. The molecule has 0 radical (unpaired) electrons. The monoisotopic (exact) mass is 310 g/mol. The maximum Gasteiger partial charge on any atom is 0.264 e. The Morgan fingerprint density at radius 3 is 2.10 bits per heavy atom. The number of nitrogens with two attached hydrogens (primary N) is 1. The lowest BCUT2D eigenvalue weighted by molar-refractivity contribution is 0.592. The van der Waals surface area contributed by atoms with Crippen LogP contribution in [0.5, 0.6) is 0 Å². The largest absolute Gasteiger partial charge is 0.399 e. The van der Waals surface area contributed by atoms with Crippen molar-refractivity contribution >= 4 is 33.0 Å². The van der Waals surface area contributed by atoms with E-state index < -0.39 is 10.0 Å². The Balaban J connectivity index is 2.44. The molecule has 2 aromatic carbocycles. The molecule has 4 nitrogen and oxygen atoms in total. The molecule has 0 aliphatic rings. The van der Waals surface area contributed by atoms with Crippen LogP contribution >= 0.6 is 11.6 Å². The van der Waals surface area contributed by atoms with Gasteiger partial charge in [-0.1, -0.05) is 11.6 Å². The molecular formula is C14H15ClN2O2S. The van der Waals surface area contributed by atoms with Crippen LogP contribution < -0.4 is 10.0 Å². The number of hydrogen-bond acceptors (Lipinski definition) is 3. The van der Waals surface area contributed by atoms with E-state index in [4.69, 9.17) is 17.3 Å². The Labute approximate surface area is 123 Å². The lowest BCUT2D eigenvalue weighted by Crippen LogP contribution is -2.30. The lowest BCUT2D eigenvalue weighted by atomic mass is 10.3. The molecule has 0 aliphatic heterocycles. The normalized spacial score (nSPS) is 11.3. The molecule has 6 heteroatoms. The molecule has 0 bridgehead atoms. The molecule has 0 aliphatic carbocycles. The number of sulfonamides is 1. The second-order valence-electron chi connectivity index (χ2n) is 4.22. The minimum absolute atomic E-state index is 0.209. The van der Waals surface area contributed by atoms with Gasteiger partial charge in [-0.25, -0.2) is 8.42 Å². The molecule has 20 heavy (non-hydrogen) atoms. The van der Waals surface area contributed by atoms with Crippen LogP contribution in [0.25, 0.3) is 0 Å². The molecule has 2 aromatic rings. The molecule has 2 N–H and O–H groups in total. The van der Waals surface area contributed by atoms with E-state index in [1.54, 1.807) is 43.3 Å². The van der Waals surface area contributed by atoms with Crippen molar-refractivity contribution in [2.24, 2.45) is 0 Å². The van der Waals surface area contributed by atoms with Crippen LogP contribution in [0.3, 0.4) is 0 Å². The van der Waals surface area contributed by atoms with Gasteiger partial charge >= 0.3 is 0 Å². The van der Waals surface area contributed by atoms with Crippen molar-refractivity contribution in [1.29, 1.82) is 0 Å².